The van der Waals surface area contributed by atoms with Gasteiger partial charge in [-0.1, -0.05) is 36.8 Å². The van der Waals surface area contributed by atoms with Crippen LogP contribution in [0.1, 0.15) is 69.6 Å². The second-order valence-corrected chi connectivity index (χ2v) is 11.6. The molecule has 4 atom stereocenters. The molecular weight excluding hydrogens is 560 g/mol. The number of aromatic hydroxyl groups is 2. The standard InChI is InChI=1S/C36H42O8/c1-21(2)13-28(39)14-22(3)29-20-33(41)23(4)15-30(29)31-16-25(18-35(44-6)36(31)42)8-11-27(38)19-26(37)10-7-24-9-12-32(40)34(17-24)43-5/h7-13,15-18,22,29-30,33,40-42H,14,19-20H2,1-6H3/t22-,29+,30-,33-/m1/s1. The first kappa shape index (κ1) is 34.1. The molecule has 1 aliphatic carbocycles. The maximum atomic E-state index is 12.6. The molecule has 0 amide bonds. The molecule has 8 nitrogen and oxygen atoms in total. The minimum Gasteiger partial charge on any atom is -0.504 e. The zero-order valence-electron chi connectivity index (χ0n) is 26.2. The fourth-order valence-corrected chi connectivity index (χ4v) is 5.49. The molecule has 0 saturated heterocycles. The lowest BCUT2D eigenvalue weighted by Crippen LogP contribution is -2.30. The summed E-state index contributed by atoms with van der Waals surface area (Å²) in [5, 5.41) is 31.6. The van der Waals surface area contributed by atoms with Crippen LogP contribution in [0.25, 0.3) is 12.2 Å². The number of methoxy groups -OCH3 is 2. The van der Waals surface area contributed by atoms with Crippen molar-refractivity contribution in [3.05, 3.63) is 82.5 Å². The summed E-state index contributed by atoms with van der Waals surface area (Å²) in [5.74, 6) is -0.881. The van der Waals surface area contributed by atoms with Gasteiger partial charge in [0.1, 0.15) is 0 Å². The molecule has 3 rings (SSSR count). The van der Waals surface area contributed by atoms with Gasteiger partial charge in [0.25, 0.3) is 0 Å². The lowest BCUT2D eigenvalue weighted by atomic mass is 9.69. The largest absolute Gasteiger partial charge is 0.504 e. The molecule has 0 saturated carbocycles. The minimum absolute atomic E-state index is 0.0150. The summed E-state index contributed by atoms with van der Waals surface area (Å²) in [7, 11) is 2.87. The van der Waals surface area contributed by atoms with E-state index in [1.54, 1.807) is 42.5 Å². The van der Waals surface area contributed by atoms with Gasteiger partial charge in [0.2, 0.25) is 0 Å². The van der Waals surface area contributed by atoms with Crippen molar-refractivity contribution in [3.8, 4) is 23.0 Å². The van der Waals surface area contributed by atoms with Crippen LogP contribution in [0.4, 0.5) is 0 Å². The Kier molecular flexibility index (Phi) is 11.9. The summed E-state index contributed by atoms with van der Waals surface area (Å²) in [6, 6.07) is 8.03. The average molecular weight is 603 g/mol. The van der Waals surface area contributed by atoms with Crippen molar-refractivity contribution in [3.63, 3.8) is 0 Å². The number of ether oxygens (including phenoxy) is 2. The van der Waals surface area contributed by atoms with Crippen LogP contribution >= 0.6 is 0 Å². The summed E-state index contributed by atoms with van der Waals surface area (Å²) in [6.45, 7) is 7.57. The molecule has 0 bridgehead atoms. The second-order valence-electron chi connectivity index (χ2n) is 11.6. The fourth-order valence-electron chi connectivity index (χ4n) is 5.49. The number of aliphatic hydroxyl groups is 1. The Balaban J connectivity index is 1.83. The molecule has 3 N–H and O–H groups in total. The van der Waals surface area contributed by atoms with Crippen LogP contribution in [0.3, 0.4) is 0 Å². The molecule has 0 spiro atoms. The van der Waals surface area contributed by atoms with Gasteiger partial charge in [-0.3, -0.25) is 14.4 Å². The molecule has 2 aromatic rings. The van der Waals surface area contributed by atoms with E-state index in [4.69, 9.17) is 9.47 Å². The van der Waals surface area contributed by atoms with Gasteiger partial charge in [0.05, 0.1) is 26.7 Å². The van der Waals surface area contributed by atoms with Crippen molar-refractivity contribution >= 4 is 29.5 Å². The topological polar surface area (TPSA) is 130 Å². The van der Waals surface area contributed by atoms with Crippen molar-refractivity contribution < 1.29 is 39.2 Å². The van der Waals surface area contributed by atoms with E-state index >= 15 is 0 Å². The first-order chi connectivity index (χ1) is 20.8. The molecule has 44 heavy (non-hydrogen) atoms. The number of carbonyl (C=O) groups excluding carboxylic acids is 3. The summed E-state index contributed by atoms with van der Waals surface area (Å²) < 4.78 is 10.5. The number of phenols is 2. The van der Waals surface area contributed by atoms with Gasteiger partial charge in [-0.25, -0.2) is 0 Å². The molecule has 0 heterocycles. The Labute approximate surface area is 259 Å². The lowest BCUT2D eigenvalue weighted by Gasteiger charge is -2.37. The van der Waals surface area contributed by atoms with E-state index in [1.807, 2.05) is 33.8 Å². The third-order valence-electron chi connectivity index (χ3n) is 7.81. The fraction of sp³-hybridized carbons (Fsp3) is 0.361. The van der Waals surface area contributed by atoms with E-state index in [9.17, 15) is 29.7 Å². The third kappa shape index (κ3) is 9.04. The van der Waals surface area contributed by atoms with Crippen LogP contribution in [0, 0.1) is 11.8 Å². The first-order valence-electron chi connectivity index (χ1n) is 14.6. The van der Waals surface area contributed by atoms with Crippen LogP contribution in [0.2, 0.25) is 0 Å². The van der Waals surface area contributed by atoms with E-state index in [0.717, 1.165) is 11.1 Å². The number of rotatable bonds is 13. The van der Waals surface area contributed by atoms with Crippen molar-refractivity contribution in [2.24, 2.45) is 11.8 Å². The van der Waals surface area contributed by atoms with Crippen molar-refractivity contribution in [1.29, 1.82) is 0 Å². The monoisotopic (exact) mass is 602 g/mol. The van der Waals surface area contributed by atoms with Gasteiger partial charge in [-0.2, -0.15) is 0 Å². The van der Waals surface area contributed by atoms with Gasteiger partial charge in [0.15, 0.2) is 40.3 Å². The summed E-state index contributed by atoms with van der Waals surface area (Å²) in [6.07, 6.45) is 9.03. The SMILES string of the molecule is COc1cc(C=CC(=O)CC(=O)C=Cc2cc(OC)c(O)c([C@@H]3C=C(C)[C@H](O)C[C@H]3[C@H](C)CC(=O)C=C(C)C)c2)ccc1O. The average Bonchev–Trinajstić information content (AvgIpc) is 2.96. The molecule has 2 aromatic carbocycles. The molecule has 0 unspecified atom stereocenters. The minimum atomic E-state index is -0.648. The Bertz CT molecular complexity index is 1510. The van der Waals surface area contributed by atoms with Crippen LogP contribution < -0.4 is 9.47 Å². The van der Waals surface area contributed by atoms with Gasteiger partial charge >= 0.3 is 0 Å². The summed E-state index contributed by atoms with van der Waals surface area (Å²) in [4.78, 5) is 37.7. The zero-order chi connectivity index (χ0) is 32.6. The van der Waals surface area contributed by atoms with E-state index < -0.39 is 17.7 Å². The Morgan fingerprint density at radius 3 is 2.16 bits per heavy atom. The van der Waals surface area contributed by atoms with E-state index in [0.29, 0.717) is 29.5 Å². The van der Waals surface area contributed by atoms with E-state index in [-0.39, 0.29) is 53.0 Å². The summed E-state index contributed by atoms with van der Waals surface area (Å²) in [5.41, 5.74) is 3.49. The number of ketones is 3. The van der Waals surface area contributed by atoms with Crippen LogP contribution in [0.5, 0.6) is 23.0 Å². The number of aliphatic hydroxyl groups excluding tert-OH is 1. The van der Waals surface area contributed by atoms with Gasteiger partial charge in [-0.05, 0) is 98.2 Å². The molecule has 1 aliphatic rings. The number of hydrogen-bond acceptors (Lipinski definition) is 8. The maximum absolute atomic E-state index is 12.6. The highest BCUT2D eigenvalue weighted by Crippen LogP contribution is 2.47. The second kappa shape index (κ2) is 15.3. The van der Waals surface area contributed by atoms with Gasteiger partial charge < -0.3 is 24.8 Å². The third-order valence-corrected chi connectivity index (χ3v) is 7.81. The van der Waals surface area contributed by atoms with Crippen molar-refractivity contribution in [2.45, 2.75) is 59.0 Å². The van der Waals surface area contributed by atoms with Crippen LogP contribution in [-0.2, 0) is 14.4 Å². The van der Waals surface area contributed by atoms with Crippen LogP contribution in [0.15, 0.2) is 65.8 Å². The van der Waals surface area contributed by atoms with Crippen molar-refractivity contribution in [2.75, 3.05) is 14.2 Å². The molecular formula is C36H42O8. The quantitative estimate of drug-likeness (QED) is 0.138. The predicted molar refractivity (Wildman–Crippen MR) is 171 cm³/mol. The predicted octanol–water partition coefficient (Wildman–Crippen LogP) is 6.34. The Hall–Kier alpha value is -4.43. The number of hydrogen-bond donors (Lipinski definition) is 3. The van der Waals surface area contributed by atoms with Gasteiger partial charge in [0, 0.05) is 17.9 Å². The maximum Gasteiger partial charge on any atom is 0.163 e. The number of phenolic OH excluding ortho intramolecular Hbond substituents is 2. The zero-order valence-corrected chi connectivity index (χ0v) is 26.2. The van der Waals surface area contributed by atoms with E-state index in [2.05, 4.69) is 0 Å². The molecule has 0 radical (unpaired) electrons. The van der Waals surface area contributed by atoms with Crippen molar-refractivity contribution in [1.82, 2.24) is 0 Å². The first-order valence-corrected chi connectivity index (χ1v) is 14.6. The number of allylic oxidation sites excluding steroid dienone is 5. The molecule has 234 valence electrons. The summed E-state index contributed by atoms with van der Waals surface area (Å²) >= 11 is 0. The highest BCUT2D eigenvalue weighted by atomic mass is 16.5. The number of benzene rings is 2. The lowest BCUT2D eigenvalue weighted by molar-refractivity contribution is -0.122. The highest BCUT2D eigenvalue weighted by Gasteiger charge is 2.35. The number of carbonyl (C=O) groups is 3. The highest BCUT2D eigenvalue weighted by molar-refractivity contribution is 6.10. The smallest absolute Gasteiger partial charge is 0.163 e. The normalized spacial score (nSPS) is 19.0. The Morgan fingerprint density at radius 1 is 0.932 bits per heavy atom. The molecule has 8 heteroatoms. The van der Waals surface area contributed by atoms with Gasteiger partial charge in [-0.15, -0.1) is 0 Å². The molecule has 0 aromatic heterocycles. The van der Waals surface area contributed by atoms with E-state index in [1.165, 1.54) is 32.4 Å². The molecule has 0 fully saturated rings. The van der Waals surface area contributed by atoms with Crippen LogP contribution in [-0.4, -0.2) is 53.0 Å². The molecule has 0 aliphatic heterocycles. The Morgan fingerprint density at radius 2 is 1.55 bits per heavy atom.